The highest BCUT2D eigenvalue weighted by atomic mass is 35.5. The van der Waals surface area contributed by atoms with Crippen LogP contribution in [0.5, 0.6) is 0 Å². The molecule has 3 aromatic carbocycles. The van der Waals surface area contributed by atoms with Crippen LogP contribution >= 0.6 is 11.6 Å². The van der Waals surface area contributed by atoms with Crippen LogP contribution in [0.4, 0.5) is 4.79 Å². The quantitative estimate of drug-likeness (QED) is 0.542. The van der Waals surface area contributed by atoms with Crippen molar-refractivity contribution in [3.05, 3.63) is 94.0 Å². The highest BCUT2D eigenvalue weighted by Crippen LogP contribution is 2.45. The van der Waals surface area contributed by atoms with E-state index in [1.165, 1.54) is 4.90 Å². The Morgan fingerprint density at radius 2 is 1.61 bits per heavy atom. The van der Waals surface area contributed by atoms with Crippen molar-refractivity contribution in [3.8, 4) is 11.1 Å². The first kappa shape index (κ1) is 21.5. The van der Waals surface area contributed by atoms with Crippen molar-refractivity contribution in [2.24, 2.45) is 0 Å². The summed E-state index contributed by atoms with van der Waals surface area (Å²) in [6.45, 7) is 2.16. The van der Waals surface area contributed by atoms with E-state index in [1.54, 1.807) is 19.1 Å². The van der Waals surface area contributed by atoms with E-state index in [1.807, 2.05) is 30.3 Å². The molecule has 5 rings (SSSR count). The van der Waals surface area contributed by atoms with Gasteiger partial charge in [-0.25, -0.2) is 9.59 Å². The van der Waals surface area contributed by atoms with Crippen molar-refractivity contribution in [1.82, 2.24) is 4.90 Å². The zero-order chi connectivity index (χ0) is 23.2. The number of carbonyl (C=O) groups is 2. The number of halogens is 1. The molecule has 0 spiro atoms. The Hall–Kier alpha value is -3.31. The maximum atomic E-state index is 13.3. The summed E-state index contributed by atoms with van der Waals surface area (Å²) < 4.78 is 5.80. The van der Waals surface area contributed by atoms with Gasteiger partial charge in [-0.1, -0.05) is 66.2 Å². The van der Waals surface area contributed by atoms with Crippen LogP contribution in [0.25, 0.3) is 11.1 Å². The summed E-state index contributed by atoms with van der Waals surface area (Å²) in [5.74, 6) is -1.12. The van der Waals surface area contributed by atoms with E-state index in [2.05, 4.69) is 24.3 Å². The molecule has 5 nitrogen and oxygen atoms in total. The number of benzene rings is 3. The van der Waals surface area contributed by atoms with Crippen LogP contribution in [0.3, 0.4) is 0 Å². The van der Waals surface area contributed by atoms with Crippen LogP contribution in [-0.4, -0.2) is 40.8 Å². The maximum absolute atomic E-state index is 13.3. The van der Waals surface area contributed by atoms with Gasteiger partial charge in [0.25, 0.3) is 0 Å². The van der Waals surface area contributed by atoms with Gasteiger partial charge in [0.1, 0.15) is 6.61 Å². The maximum Gasteiger partial charge on any atom is 0.410 e. The highest BCUT2D eigenvalue weighted by Gasteiger charge is 2.51. The molecule has 0 saturated carbocycles. The van der Waals surface area contributed by atoms with E-state index >= 15 is 0 Å². The number of fused-ring (bicyclic) bond motifs is 4. The van der Waals surface area contributed by atoms with E-state index in [-0.39, 0.29) is 31.9 Å². The molecule has 0 aliphatic heterocycles. The molecule has 0 radical (unpaired) electrons. The van der Waals surface area contributed by atoms with Gasteiger partial charge in [-0.2, -0.15) is 0 Å². The minimum atomic E-state index is -1.38. The lowest BCUT2D eigenvalue weighted by atomic mass is 9.93. The zero-order valence-electron chi connectivity index (χ0n) is 18.3. The second-order valence-electron chi connectivity index (χ2n) is 8.65. The van der Waals surface area contributed by atoms with Gasteiger partial charge in [0, 0.05) is 30.3 Å². The monoisotopic (exact) mass is 461 g/mol. The Labute approximate surface area is 197 Å². The summed E-state index contributed by atoms with van der Waals surface area (Å²) in [5.41, 5.74) is 4.89. The summed E-state index contributed by atoms with van der Waals surface area (Å²) in [7, 11) is 0. The average molecular weight is 462 g/mol. The van der Waals surface area contributed by atoms with Crippen LogP contribution in [0.2, 0.25) is 5.02 Å². The summed E-state index contributed by atoms with van der Waals surface area (Å²) in [4.78, 5) is 27.1. The number of amides is 1. The second-order valence-corrected chi connectivity index (χ2v) is 9.09. The molecule has 6 heteroatoms. The third-order valence-corrected chi connectivity index (χ3v) is 7.16. The summed E-state index contributed by atoms with van der Waals surface area (Å²) in [6.07, 6.45) is -0.177. The van der Waals surface area contributed by atoms with Gasteiger partial charge in [0.05, 0.1) is 0 Å². The normalized spacial score (nSPS) is 18.4. The van der Waals surface area contributed by atoms with Gasteiger partial charge < -0.3 is 9.84 Å². The fourth-order valence-corrected chi connectivity index (χ4v) is 5.55. The first-order valence-electron chi connectivity index (χ1n) is 11.1. The van der Waals surface area contributed by atoms with Crippen molar-refractivity contribution >= 4 is 23.7 Å². The SMILES string of the molecule is CCN(C(=O)OCC1c2ccccc2-c2ccccc21)C1(C(=O)O)Cc2ccc(Cl)cc2C1. The first-order valence-corrected chi connectivity index (χ1v) is 11.5. The zero-order valence-corrected chi connectivity index (χ0v) is 19.0. The number of ether oxygens (including phenoxy) is 1. The van der Waals surface area contributed by atoms with Crippen molar-refractivity contribution in [1.29, 1.82) is 0 Å². The fourth-order valence-electron chi connectivity index (χ4n) is 5.36. The third-order valence-electron chi connectivity index (χ3n) is 6.92. The van der Waals surface area contributed by atoms with E-state index in [4.69, 9.17) is 16.3 Å². The van der Waals surface area contributed by atoms with Gasteiger partial charge >= 0.3 is 12.1 Å². The topological polar surface area (TPSA) is 66.8 Å². The predicted octanol–water partition coefficient (Wildman–Crippen LogP) is 5.53. The van der Waals surface area contributed by atoms with Crippen molar-refractivity contribution in [3.63, 3.8) is 0 Å². The molecule has 168 valence electrons. The molecule has 1 atom stereocenters. The molecule has 1 unspecified atom stereocenters. The number of rotatable bonds is 5. The molecule has 1 N–H and O–H groups in total. The number of likely N-dealkylation sites (N-methyl/N-ethyl adjacent to an activating group) is 1. The third kappa shape index (κ3) is 3.47. The molecule has 1 amide bonds. The van der Waals surface area contributed by atoms with Gasteiger partial charge in [-0.3, -0.25) is 4.90 Å². The number of carbonyl (C=O) groups excluding carboxylic acids is 1. The molecule has 2 aliphatic carbocycles. The number of aliphatic carboxylic acids is 1. The minimum absolute atomic E-state index is 0.0829. The molecule has 0 saturated heterocycles. The van der Waals surface area contributed by atoms with E-state index in [0.717, 1.165) is 33.4 Å². The lowest BCUT2D eigenvalue weighted by Crippen LogP contribution is -2.58. The highest BCUT2D eigenvalue weighted by molar-refractivity contribution is 6.30. The van der Waals surface area contributed by atoms with Crippen molar-refractivity contribution in [2.75, 3.05) is 13.2 Å². The largest absolute Gasteiger partial charge is 0.479 e. The summed E-state index contributed by atoms with van der Waals surface area (Å²) in [6, 6.07) is 21.6. The number of nitrogens with zero attached hydrogens (tertiary/aromatic N) is 1. The Balaban J connectivity index is 1.40. The molecule has 33 heavy (non-hydrogen) atoms. The Bertz CT molecular complexity index is 1210. The van der Waals surface area contributed by atoms with E-state index in [0.29, 0.717) is 5.02 Å². The molecule has 2 aliphatic rings. The van der Waals surface area contributed by atoms with E-state index < -0.39 is 17.6 Å². The number of carboxylic acids is 1. The summed E-state index contributed by atoms with van der Waals surface area (Å²) >= 11 is 6.12. The van der Waals surface area contributed by atoms with Gasteiger partial charge in [-0.05, 0) is 52.4 Å². The van der Waals surface area contributed by atoms with Crippen molar-refractivity contribution in [2.45, 2.75) is 31.2 Å². The molecular weight excluding hydrogens is 438 g/mol. The Kier molecular flexibility index (Phi) is 5.37. The molecule has 0 bridgehead atoms. The molecule has 3 aromatic rings. The lowest BCUT2D eigenvalue weighted by molar-refractivity contribution is -0.150. The average Bonchev–Trinajstić information content (AvgIpc) is 3.35. The van der Waals surface area contributed by atoms with Gasteiger partial charge in [0.2, 0.25) is 0 Å². The fraction of sp³-hybridized carbons (Fsp3) is 0.259. The van der Waals surface area contributed by atoms with Crippen LogP contribution in [0.15, 0.2) is 66.7 Å². The predicted molar refractivity (Wildman–Crippen MR) is 127 cm³/mol. The second kappa shape index (κ2) is 8.23. The van der Waals surface area contributed by atoms with Crippen molar-refractivity contribution < 1.29 is 19.4 Å². The molecular formula is C27H24ClNO4. The number of hydrogen-bond acceptors (Lipinski definition) is 3. The van der Waals surface area contributed by atoms with Gasteiger partial charge in [0.15, 0.2) is 5.54 Å². The molecule has 0 fully saturated rings. The summed E-state index contributed by atoms with van der Waals surface area (Å²) in [5, 5.41) is 10.8. The molecule has 0 heterocycles. The lowest BCUT2D eigenvalue weighted by Gasteiger charge is -2.36. The Morgan fingerprint density at radius 3 is 2.21 bits per heavy atom. The smallest absolute Gasteiger partial charge is 0.410 e. The van der Waals surface area contributed by atoms with Crippen LogP contribution in [-0.2, 0) is 22.4 Å². The Morgan fingerprint density at radius 1 is 1.00 bits per heavy atom. The van der Waals surface area contributed by atoms with E-state index in [9.17, 15) is 14.7 Å². The van der Waals surface area contributed by atoms with Crippen LogP contribution in [0.1, 0.15) is 35.1 Å². The van der Waals surface area contributed by atoms with Crippen LogP contribution in [0, 0.1) is 0 Å². The minimum Gasteiger partial charge on any atom is -0.479 e. The number of hydrogen-bond donors (Lipinski definition) is 1. The first-order chi connectivity index (χ1) is 15.9. The standard InChI is InChI=1S/C27H24ClNO4/c1-2-29(27(25(30)31)14-17-11-12-19(28)13-18(17)15-27)26(32)33-16-24-22-9-5-3-7-20(22)21-8-4-6-10-23(21)24/h3-13,24H,2,14-16H2,1H3,(H,30,31). The van der Waals surface area contributed by atoms with Gasteiger partial charge in [-0.15, -0.1) is 0 Å². The number of carboxylic acid groups (broad SMARTS) is 1. The molecule has 0 aromatic heterocycles. The van der Waals surface area contributed by atoms with Crippen LogP contribution < -0.4 is 0 Å².